The van der Waals surface area contributed by atoms with Crippen molar-refractivity contribution >= 4 is 11.4 Å². The van der Waals surface area contributed by atoms with Crippen LogP contribution in [0.5, 0.6) is 0 Å². The molecule has 0 heterocycles. The van der Waals surface area contributed by atoms with Crippen LogP contribution in [0.4, 0.5) is 28.9 Å². The van der Waals surface area contributed by atoms with Crippen LogP contribution in [0.3, 0.4) is 0 Å². The van der Waals surface area contributed by atoms with Crippen molar-refractivity contribution in [2.24, 2.45) is 0 Å². The van der Waals surface area contributed by atoms with Gasteiger partial charge in [0.05, 0.1) is 0 Å². The van der Waals surface area contributed by atoms with Gasteiger partial charge in [-0.1, -0.05) is 6.07 Å². The summed E-state index contributed by atoms with van der Waals surface area (Å²) in [5.74, 6) is -1.42. The maximum atomic E-state index is 13.4. The predicted octanol–water partition coefficient (Wildman–Crippen LogP) is 4.10. The van der Waals surface area contributed by atoms with Gasteiger partial charge < -0.3 is 11.1 Å². The first kappa shape index (κ1) is 14.2. The Balaban J connectivity index is 2.18. The van der Waals surface area contributed by atoms with E-state index in [9.17, 15) is 17.6 Å². The van der Waals surface area contributed by atoms with Crippen LogP contribution in [0.1, 0.15) is 17.6 Å². The number of halogens is 4. The molecule has 0 saturated heterocycles. The summed E-state index contributed by atoms with van der Waals surface area (Å²) >= 11 is 0. The van der Waals surface area contributed by atoms with Gasteiger partial charge in [-0.25, -0.2) is 17.6 Å². The molecule has 3 N–H and O–H groups in total. The van der Waals surface area contributed by atoms with Gasteiger partial charge in [-0.15, -0.1) is 0 Å². The highest BCUT2D eigenvalue weighted by Gasteiger charge is 2.13. The van der Waals surface area contributed by atoms with Crippen LogP contribution in [-0.2, 0) is 6.54 Å². The molecule has 0 saturated carbocycles. The summed E-state index contributed by atoms with van der Waals surface area (Å²) in [5, 5.41) is 2.70. The Labute approximate surface area is 113 Å². The van der Waals surface area contributed by atoms with Gasteiger partial charge in [0.1, 0.15) is 11.6 Å². The van der Waals surface area contributed by atoms with E-state index in [1.807, 2.05) is 0 Å². The van der Waals surface area contributed by atoms with Gasteiger partial charge in [-0.3, -0.25) is 0 Å². The molecule has 0 amide bonds. The molecule has 0 aliphatic heterocycles. The lowest BCUT2D eigenvalue weighted by Crippen LogP contribution is -2.05. The number of alkyl halides is 2. The second-order valence-electron chi connectivity index (χ2n) is 4.24. The fraction of sp³-hybridized carbons (Fsp3) is 0.143. The SMILES string of the molecule is Nc1ccc(NCc2ccc(F)cc2F)c(C(F)F)c1. The average Bonchev–Trinajstić information content (AvgIpc) is 2.38. The number of anilines is 2. The van der Waals surface area contributed by atoms with Crippen LogP contribution in [0.2, 0.25) is 0 Å². The highest BCUT2D eigenvalue weighted by molar-refractivity contribution is 5.58. The van der Waals surface area contributed by atoms with Gasteiger partial charge in [0, 0.05) is 35.1 Å². The molecule has 6 heteroatoms. The van der Waals surface area contributed by atoms with Crippen LogP contribution in [0.25, 0.3) is 0 Å². The molecule has 20 heavy (non-hydrogen) atoms. The minimum absolute atomic E-state index is 0.0320. The molecule has 106 valence electrons. The zero-order chi connectivity index (χ0) is 14.7. The molecule has 0 atom stereocenters. The fourth-order valence-corrected chi connectivity index (χ4v) is 1.78. The molecule has 0 fully saturated rings. The number of hydrogen-bond donors (Lipinski definition) is 2. The first-order chi connectivity index (χ1) is 9.47. The molecule has 0 spiro atoms. The van der Waals surface area contributed by atoms with Crippen LogP contribution < -0.4 is 11.1 Å². The monoisotopic (exact) mass is 284 g/mol. The molecule has 0 bridgehead atoms. The van der Waals surface area contributed by atoms with E-state index >= 15 is 0 Å². The lowest BCUT2D eigenvalue weighted by atomic mass is 10.1. The van der Waals surface area contributed by atoms with Crippen LogP contribution in [0.15, 0.2) is 36.4 Å². The minimum atomic E-state index is -2.70. The molecule has 0 radical (unpaired) electrons. The molecular weight excluding hydrogens is 272 g/mol. The molecule has 0 unspecified atom stereocenters. The zero-order valence-electron chi connectivity index (χ0n) is 10.3. The minimum Gasteiger partial charge on any atom is -0.399 e. The van der Waals surface area contributed by atoms with Crippen molar-refractivity contribution in [3.63, 3.8) is 0 Å². The third-order valence-corrected chi connectivity index (χ3v) is 2.80. The summed E-state index contributed by atoms with van der Waals surface area (Å²) < 4.78 is 51.9. The van der Waals surface area contributed by atoms with E-state index < -0.39 is 18.1 Å². The molecule has 0 aromatic heterocycles. The van der Waals surface area contributed by atoms with Crippen LogP contribution in [0, 0.1) is 11.6 Å². The van der Waals surface area contributed by atoms with Crippen LogP contribution in [-0.4, -0.2) is 0 Å². The van der Waals surface area contributed by atoms with Gasteiger partial charge in [-0.2, -0.15) is 0 Å². The smallest absolute Gasteiger partial charge is 0.265 e. The number of nitrogen functional groups attached to an aromatic ring is 1. The molecule has 2 rings (SSSR count). The molecular formula is C14H12F4N2. The maximum Gasteiger partial charge on any atom is 0.265 e. The molecule has 2 aromatic carbocycles. The van der Waals surface area contributed by atoms with Gasteiger partial charge in [0.2, 0.25) is 0 Å². The van der Waals surface area contributed by atoms with Gasteiger partial charge in [-0.05, 0) is 24.3 Å². The second kappa shape index (κ2) is 5.81. The van der Waals surface area contributed by atoms with Crippen molar-refractivity contribution in [3.8, 4) is 0 Å². The summed E-state index contributed by atoms with van der Waals surface area (Å²) in [7, 11) is 0. The zero-order valence-corrected chi connectivity index (χ0v) is 10.3. The Morgan fingerprint density at radius 1 is 1.05 bits per heavy atom. The number of rotatable bonds is 4. The first-order valence-electron chi connectivity index (χ1n) is 5.82. The van der Waals surface area contributed by atoms with E-state index in [-0.39, 0.29) is 29.0 Å². The van der Waals surface area contributed by atoms with Crippen molar-refractivity contribution in [2.75, 3.05) is 11.1 Å². The fourth-order valence-electron chi connectivity index (χ4n) is 1.78. The lowest BCUT2D eigenvalue weighted by Gasteiger charge is -2.13. The number of nitrogens with one attached hydrogen (secondary N) is 1. The Bertz CT molecular complexity index is 614. The molecule has 2 aromatic rings. The van der Waals surface area contributed by atoms with E-state index in [1.165, 1.54) is 18.2 Å². The maximum absolute atomic E-state index is 13.4. The van der Waals surface area contributed by atoms with E-state index in [0.717, 1.165) is 18.2 Å². The molecule has 0 aliphatic rings. The van der Waals surface area contributed by atoms with Gasteiger partial charge in [0.15, 0.2) is 0 Å². The quantitative estimate of drug-likeness (QED) is 0.655. The van der Waals surface area contributed by atoms with Gasteiger partial charge in [0.25, 0.3) is 6.43 Å². The Hall–Kier alpha value is -2.24. The topological polar surface area (TPSA) is 38.0 Å². The summed E-state index contributed by atoms with van der Waals surface area (Å²) in [5.41, 5.74) is 5.76. The standard InChI is InChI=1S/C14H12F4N2/c15-9-2-1-8(12(16)5-9)7-20-13-4-3-10(19)6-11(13)14(17)18/h1-6,14,20H,7,19H2. The van der Waals surface area contributed by atoms with Crippen molar-refractivity contribution in [1.82, 2.24) is 0 Å². The van der Waals surface area contributed by atoms with Crippen molar-refractivity contribution in [1.29, 1.82) is 0 Å². The third kappa shape index (κ3) is 3.20. The van der Waals surface area contributed by atoms with E-state index in [0.29, 0.717) is 0 Å². The summed E-state index contributed by atoms with van der Waals surface area (Å²) in [6.07, 6.45) is -2.70. The summed E-state index contributed by atoms with van der Waals surface area (Å²) in [6.45, 7) is -0.0320. The van der Waals surface area contributed by atoms with Crippen molar-refractivity contribution in [2.45, 2.75) is 13.0 Å². The lowest BCUT2D eigenvalue weighted by molar-refractivity contribution is 0.152. The molecule has 2 nitrogen and oxygen atoms in total. The Kier molecular flexibility index (Phi) is 4.12. The summed E-state index contributed by atoms with van der Waals surface area (Å²) in [6, 6.07) is 7.14. The van der Waals surface area contributed by atoms with E-state index in [4.69, 9.17) is 5.73 Å². The van der Waals surface area contributed by atoms with Gasteiger partial charge >= 0.3 is 0 Å². The Morgan fingerprint density at radius 3 is 2.45 bits per heavy atom. The Morgan fingerprint density at radius 2 is 1.80 bits per heavy atom. The second-order valence-corrected chi connectivity index (χ2v) is 4.24. The largest absolute Gasteiger partial charge is 0.399 e. The summed E-state index contributed by atoms with van der Waals surface area (Å²) in [4.78, 5) is 0. The normalized spacial score (nSPS) is 10.8. The predicted molar refractivity (Wildman–Crippen MR) is 69.5 cm³/mol. The highest BCUT2D eigenvalue weighted by atomic mass is 19.3. The number of nitrogens with two attached hydrogens (primary N) is 1. The van der Waals surface area contributed by atoms with E-state index in [1.54, 1.807) is 0 Å². The van der Waals surface area contributed by atoms with Crippen molar-refractivity contribution < 1.29 is 17.6 Å². The number of benzene rings is 2. The van der Waals surface area contributed by atoms with Crippen LogP contribution >= 0.6 is 0 Å². The van der Waals surface area contributed by atoms with Crippen molar-refractivity contribution in [3.05, 3.63) is 59.2 Å². The number of hydrogen-bond acceptors (Lipinski definition) is 2. The first-order valence-corrected chi connectivity index (χ1v) is 5.82. The molecule has 0 aliphatic carbocycles. The highest BCUT2D eigenvalue weighted by Crippen LogP contribution is 2.29. The third-order valence-electron chi connectivity index (χ3n) is 2.80. The average molecular weight is 284 g/mol. The van der Waals surface area contributed by atoms with E-state index in [2.05, 4.69) is 5.32 Å².